The highest BCUT2D eigenvalue weighted by Gasteiger charge is 2.13. The van der Waals surface area contributed by atoms with Gasteiger partial charge in [0.05, 0.1) is 25.1 Å². The number of ether oxygens (including phenoxy) is 1. The number of benzene rings is 4. The minimum absolute atomic E-state index is 0.214. The Morgan fingerprint density at radius 3 is 2.48 bits per heavy atom. The van der Waals surface area contributed by atoms with Crippen LogP contribution in [0.1, 0.15) is 29.3 Å². The molecule has 0 radical (unpaired) electrons. The van der Waals surface area contributed by atoms with Crippen molar-refractivity contribution in [1.82, 2.24) is 20.5 Å². The van der Waals surface area contributed by atoms with Crippen LogP contribution in [0.25, 0.3) is 27.7 Å². The van der Waals surface area contributed by atoms with Gasteiger partial charge in [0, 0.05) is 22.9 Å². The number of hydrazone groups is 1. The van der Waals surface area contributed by atoms with Crippen molar-refractivity contribution < 1.29 is 14.3 Å². The van der Waals surface area contributed by atoms with E-state index in [4.69, 9.17) is 9.84 Å². The van der Waals surface area contributed by atoms with Crippen LogP contribution in [0.2, 0.25) is 0 Å². The smallest absolute Gasteiger partial charge is 0.259 e. The molecule has 0 aliphatic heterocycles. The first-order valence-electron chi connectivity index (χ1n) is 13.1. The predicted molar refractivity (Wildman–Crippen MR) is 157 cm³/mol. The maximum absolute atomic E-state index is 12.7. The fourth-order valence-corrected chi connectivity index (χ4v) is 4.24. The van der Waals surface area contributed by atoms with Crippen molar-refractivity contribution in [3.05, 3.63) is 114 Å². The Bertz CT molecular complexity index is 1640. The predicted octanol–water partition coefficient (Wildman–Crippen LogP) is 5.36. The van der Waals surface area contributed by atoms with Gasteiger partial charge in [0.25, 0.3) is 11.8 Å². The van der Waals surface area contributed by atoms with Crippen LogP contribution in [0.4, 0.5) is 0 Å². The molecule has 0 spiro atoms. The second-order valence-corrected chi connectivity index (χ2v) is 9.09. The molecule has 0 unspecified atom stereocenters. The fourth-order valence-electron chi connectivity index (χ4n) is 4.24. The van der Waals surface area contributed by atoms with Crippen LogP contribution in [-0.2, 0) is 4.79 Å². The number of fused-ring (bicyclic) bond motifs is 1. The largest absolute Gasteiger partial charge is 0.494 e. The van der Waals surface area contributed by atoms with Crippen molar-refractivity contribution in [3.8, 4) is 22.7 Å². The van der Waals surface area contributed by atoms with Gasteiger partial charge in [-0.2, -0.15) is 10.2 Å². The van der Waals surface area contributed by atoms with E-state index in [0.717, 1.165) is 34.2 Å². The van der Waals surface area contributed by atoms with E-state index in [1.54, 1.807) is 17.0 Å². The maximum atomic E-state index is 12.7. The molecule has 5 aromatic rings. The molecular formula is C32H29N5O3. The first-order chi connectivity index (χ1) is 19.6. The molecule has 0 saturated carbocycles. The Labute approximate surface area is 232 Å². The first-order valence-corrected chi connectivity index (χ1v) is 13.1. The lowest BCUT2D eigenvalue weighted by Crippen LogP contribution is -2.35. The average Bonchev–Trinajstić information content (AvgIpc) is 3.43. The summed E-state index contributed by atoms with van der Waals surface area (Å²) in [4.78, 5) is 25.2. The minimum atomic E-state index is -0.445. The molecular weight excluding hydrogens is 502 g/mol. The van der Waals surface area contributed by atoms with E-state index in [2.05, 4.69) is 22.8 Å². The van der Waals surface area contributed by atoms with Gasteiger partial charge in [-0.25, -0.2) is 10.1 Å². The van der Waals surface area contributed by atoms with E-state index >= 15 is 0 Å². The summed E-state index contributed by atoms with van der Waals surface area (Å²) in [6.45, 7) is 2.50. The summed E-state index contributed by atoms with van der Waals surface area (Å²) in [5.41, 5.74) is 6.20. The van der Waals surface area contributed by atoms with E-state index in [0.29, 0.717) is 23.4 Å². The molecule has 0 fully saturated rings. The Hall–Kier alpha value is -5.24. The van der Waals surface area contributed by atoms with Gasteiger partial charge < -0.3 is 10.1 Å². The van der Waals surface area contributed by atoms with Crippen LogP contribution in [0.3, 0.4) is 0 Å². The van der Waals surface area contributed by atoms with Crippen molar-refractivity contribution in [1.29, 1.82) is 0 Å². The van der Waals surface area contributed by atoms with Crippen molar-refractivity contribution in [2.24, 2.45) is 5.10 Å². The van der Waals surface area contributed by atoms with Crippen molar-refractivity contribution >= 4 is 28.8 Å². The van der Waals surface area contributed by atoms with Gasteiger partial charge in [-0.1, -0.05) is 61.5 Å². The first kappa shape index (κ1) is 26.4. The normalized spacial score (nSPS) is 11.0. The van der Waals surface area contributed by atoms with Gasteiger partial charge in [0.2, 0.25) is 0 Å². The molecule has 5 rings (SSSR count). The van der Waals surface area contributed by atoms with Crippen LogP contribution in [0.15, 0.2) is 108 Å². The minimum Gasteiger partial charge on any atom is -0.494 e. The van der Waals surface area contributed by atoms with Crippen LogP contribution in [-0.4, -0.2) is 41.0 Å². The van der Waals surface area contributed by atoms with Crippen molar-refractivity contribution in [2.45, 2.75) is 13.3 Å². The number of nitrogens with zero attached hydrogens (tertiary/aromatic N) is 3. The molecule has 200 valence electrons. The maximum Gasteiger partial charge on any atom is 0.259 e. The molecule has 40 heavy (non-hydrogen) atoms. The quantitative estimate of drug-likeness (QED) is 0.187. The van der Waals surface area contributed by atoms with Gasteiger partial charge in [0.15, 0.2) is 0 Å². The van der Waals surface area contributed by atoms with E-state index in [9.17, 15) is 9.59 Å². The van der Waals surface area contributed by atoms with Gasteiger partial charge >= 0.3 is 0 Å². The summed E-state index contributed by atoms with van der Waals surface area (Å²) in [6.07, 6.45) is 4.33. The molecule has 0 atom stereocenters. The number of carbonyl (C=O) groups excluding carboxylic acids is 2. The Morgan fingerprint density at radius 2 is 1.68 bits per heavy atom. The molecule has 0 bridgehead atoms. The van der Waals surface area contributed by atoms with E-state index in [-0.39, 0.29) is 12.5 Å². The molecule has 8 nitrogen and oxygen atoms in total. The monoisotopic (exact) mass is 531 g/mol. The van der Waals surface area contributed by atoms with Gasteiger partial charge in [-0.15, -0.1) is 0 Å². The summed E-state index contributed by atoms with van der Waals surface area (Å²) in [5.74, 6) is 0.0223. The lowest BCUT2D eigenvalue weighted by Gasteiger charge is -2.07. The van der Waals surface area contributed by atoms with Gasteiger partial charge in [-0.3, -0.25) is 9.59 Å². The Balaban J connectivity index is 1.28. The SMILES string of the molecule is CCCOc1ccc(-c2nn(-c3ccccc3)cc2/C=N/NC(=O)CNC(=O)c2cccc3ccccc23)cc1. The van der Waals surface area contributed by atoms with Crippen LogP contribution >= 0.6 is 0 Å². The van der Waals surface area contributed by atoms with E-state index < -0.39 is 5.91 Å². The number of amides is 2. The second kappa shape index (κ2) is 12.5. The highest BCUT2D eigenvalue weighted by molar-refractivity contribution is 6.07. The summed E-state index contributed by atoms with van der Waals surface area (Å²) in [6, 6.07) is 30.6. The zero-order valence-electron chi connectivity index (χ0n) is 22.1. The summed E-state index contributed by atoms with van der Waals surface area (Å²) >= 11 is 0. The lowest BCUT2D eigenvalue weighted by molar-refractivity contribution is -0.120. The van der Waals surface area contributed by atoms with Gasteiger partial charge in [-0.05, 0) is 59.7 Å². The Kier molecular flexibility index (Phi) is 8.26. The zero-order chi connectivity index (χ0) is 27.7. The molecule has 1 aromatic heterocycles. The molecule has 1 heterocycles. The molecule has 8 heteroatoms. The number of para-hydroxylation sites is 1. The fraction of sp³-hybridized carbons (Fsp3) is 0.125. The number of nitrogens with one attached hydrogen (secondary N) is 2. The number of hydrogen-bond acceptors (Lipinski definition) is 5. The molecule has 2 N–H and O–H groups in total. The molecule has 2 amide bonds. The third kappa shape index (κ3) is 6.24. The molecule has 0 saturated heterocycles. The highest BCUT2D eigenvalue weighted by atomic mass is 16.5. The lowest BCUT2D eigenvalue weighted by atomic mass is 10.0. The molecule has 0 aliphatic rings. The zero-order valence-corrected chi connectivity index (χ0v) is 22.1. The standard InChI is InChI=1S/C32H29N5O3/c1-2-19-40-27-17-15-24(16-18-27)31-25(22-37(36-31)26-11-4-3-5-12-26)20-34-35-30(38)21-33-32(39)29-14-8-10-23-9-6-7-13-28(23)29/h3-18,20,22H,2,19,21H2,1H3,(H,33,39)(H,35,38)/b34-20+. The topological polar surface area (TPSA) is 97.6 Å². The van der Waals surface area contributed by atoms with E-state index in [1.807, 2.05) is 97.2 Å². The third-order valence-electron chi connectivity index (χ3n) is 6.20. The summed E-state index contributed by atoms with van der Waals surface area (Å²) in [7, 11) is 0. The summed E-state index contributed by atoms with van der Waals surface area (Å²) in [5, 5.41) is 13.4. The highest BCUT2D eigenvalue weighted by Crippen LogP contribution is 2.25. The molecule has 4 aromatic carbocycles. The van der Waals surface area contributed by atoms with Crippen molar-refractivity contribution in [2.75, 3.05) is 13.2 Å². The van der Waals surface area contributed by atoms with Crippen LogP contribution in [0, 0.1) is 0 Å². The van der Waals surface area contributed by atoms with Crippen LogP contribution in [0.5, 0.6) is 5.75 Å². The average molecular weight is 532 g/mol. The van der Waals surface area contributed by atoms with E-state index in [1.165, 1.54) is 0 Å². The number of carbonyl (C=O) groups is 2. The van der Waals surface area contributed by atoms with Crippen LogP contribution < -0.4 is 15.5 Å². The molecule has 0 aliphatic carbocycles. The number of aromatic nitrogens is 2. The third-order valence-corrected chi connectivity index (χ3v) is 6.20. The van der Waals surface area contributed by atoms with Crippen molar-refractivity contribution in [3.63, 3.8) is 0 Å². The Morgan fingerprint density at radius 1 is 0.925 bits per heavy atom. The summed E-state index contributed by atoms with van der Waals surface area (Å²) < 4.78 is 7.47. The number of hydrogen-bond donors (Lipinski definition) is 2. The van der Waals surface area contributed by atoms with Gasteiger partial charge in [0.1, 0.15) is 11.4 Å². The number of rotatable bonds is 10. The second-order valence-electron chi connectivity index (χ2n) is 9.09.